The first-order chi connectivity index (χ1) is 8.91. The summed E-state index contributed by atoms with van der Waals surface area (Å²) in [5.41, 5.74) is 0.623. The number of benzene rings is 1. The van der Waals surface area contributed by atoms with Crippen LogP contribution in [0, 0.1) is 0 Å². The number of fused-ring (bicyclic) bond motifs is 1. The van der Waals surface area contributed by atoms with Crippen LogP contribution in [0.15, 0.2) is 29.2 Å². The molecule has 0 spiro atoms. The maximum Gasteiger partial charge on any atom is 0.252 e. The molecule has 1 aliphatic rings. The molecule has 0 aromatic heterocycles. The average Bonchev–Trinajstić information content (AvgIpc) is 2.37. The predicted octanol–water partition coefficient (Wildman–Crippen LogP) is 1.95. The Hall–Kier alpha value is -1.47. The minimum absolute atomic E-state index is 0.0191. The van der Waals surface area contributed by atoms with Crippen LogP contribution in [-0.4, -0.2) is 39.3 Å². The lowest BCUT2D eigenvalue weighted by Gasteiger charge is -2.22. The first kappa shape index (κ1) is 14.0. The van der Waals surface area contributed by atoms with E-state index < -0.39 is 23.0 Å². The number of nitrogens with zero attached hydrogens (tertiary/aromatic N) is 1. The molecule has 0 bridgehead atoms. The lowest BCUT2D eigenvalue weighted by molar-refractivity contribution is 0.126. The largest absolute Gasteiger partial charge is 0.487 e. The van der Waals surface area contributed by atoms with E-state index in [1.165, 1.54) is 6.08 Å². The molecule has 0 fully saturated rings. The Labute approximate surface area is 110 Å². The fraction of sp³-hybridized carbons (Fsp3) is 0.333. The van der Waals surface area contributed by atoms with Gasteiger partial charge in [0.25, 0.3) is 6.43 Å². The van der Waals surface area contributed by atoms with Crippen LogP contribution >= 0.6 is 0 Å². The van der Waals surface area contributed by atoms with Crippen LogP contribution in [-0.2, 0) is 10.0 Å². The number of ether oxygens (including phenoxy) is 1. The molecule has 0 saturated carbocycles. The van der Waals surface area contributed by atoms with Crippen molar-refractivity contribution in [2.24, 2.45) is 0 Å². The SMILES string of the molecule is CN(CC(F)F)S(=O)(=O)C1=Cc2ccccc2OC1. The Kier molecular flexibility index (Phi) is 3.86. The highest BCUT2D eigenvalue weighted by Crippen LogP contribution is 2.28. The van der Waals surface area contributed by atoms with Crippen molar-refractivity contribution in [2.45, 2.75) is 6.43 Å². The first-order valence-electron chi connectivity index (χ1n) is 5.58. The summed E-state index contributed by atoms with van der Waals surface area (Å²) in [5, 5.41) is 0. The molecular weight excluding hydrogens is 276 g/mol. The summed E-state index contributed by atoms with van der Waals surface area (Å²) in [6.45, 7) is -0.978. The quantitative estimate of drug-likeness (QED) is 0.851. The summed E-state index contributed by atoms with van der Waals surface area (Å²) in [5.74, 6) is 0.581. The number of rotatable bonds is 4. The Morgan fingerprint density at radius 1 is 1.37 bits per heavy atom. The van der Waals surface area contributed by atoms with Gasteiger partial charge in [0.2, 0.25) is 10.0 Å². The molecule has 0 radical (unpaired) electrons. The van der Waals surface area contributed by atoms with Crippen molar-refractivity contribution in [1.82, 2.24) is 4.31 Å². The second kappa shape index (κ2) is 5.26. The third-order valence-corrected chi connectivity index (χ3v) is 4.61. The molecule has 1 aromatic rings. The number of sulfonamides is 1. The van der Waals surface area contributed by atoms with E-state index in [1.54, 1.807) is 24.3 Å². The number of hydrogen-bond acceptors (Lipinski definition) is 3. The molecule has 1 aromatic carbocycles. The van der Waals surface area contributed by atoms with Gasteiger partial charge in [0.15, 0.2) is 0 Å². The Bertz CT molecular complexity index is 599. The zero-order valence-corrected chi connectivity index (χ0v) is 11.0. The summed E-state index contributed by atoms with van der Waals surface area (Å²) in [4.78, 5) is -0.0191. The number of halogens is 2. The molecule has 0 saturated heterocycles. The monoisotopic (exact) mass is 289 g/mol. The summed E-state index contributed by atoms with van der Waals surface area (Å²) in [7, 11) is -2.78. The van der Waals surface area contributed by atoms with Crippen LogP contribution < -0.4 is 4.74 Å². The Balaban J connectivity index is 2.31. The fourth-order valence-corrected chi connectivity index (χ4v) is 2.93. The van der Waals surface area contributed by atoms with E-state index >= 15 is 0 Å². The van der Waals surface area contributed by atoms with Crippen LogP contribution in [0.3, 0.4) is 0 Å². The molecule has 0 amide bonds. The van der Waals surface area contributed by atoms with Crippen molar-refractivity contribution in [2.75, 3.05) is 20.2 Å². The summed E-state index contributed by atoms with van der Waals surface area (Å²) < 4.78 is 54.6. The van der Waals surface area contributed by atoms with Gasteiger partial charge < -0.3 is 4.74 Å². The second-order valence-electron chi connectivity index (χ2n) is 4.11. The maximum atomic E-state index is 12.3. The van der Waals surface area contributed by atoms with Gasteiger partial charge in [0, 0.05) is 12.6 Å². The van der Waals surface area contributed by atoms with Crippen molar-refractivity contribution >= 4 is 16.1 Å². The van der Waals surface area contributed by atoms with Crippen LogP contribution in [0.2, 0.25) is 0 Å². The molecule has 4 nitrogen and oxygen atoms in total. The molecule has 1 heterocycles. The van der Waals surface area contributed by atoms with E-state index in [0.717, 1.165) is 7.05 Å². The van der Waals surface area contributed by atoms with Crippen molar-refractivity contribution < 1.29 is 21.9 Å². The van der Waals surface area contributed by atoms with E-state index in [9.17, 15) is 17.2 Å². The minimum atomic E-state index is -3.91. The Morgan fingerprint density at radius 2 is 2.05 bits per heavy atom. The lowest BCUT2D eigenvalue weighted by atomic mass is 10.1. The molecule has 0 atom stereocenters. The van der Waals surface area contributed by atoms with Crippen LogP contribution in [0.5, 0.6) is 5.75 Å². The third-order valence-electron chi connectivity index (χ3n) is 2.74. The van der Waals surface area contributed by atoms with E-state index in [4.69, 9.17) is 4.74 Å². The van der Waals surface area contributed by atoms with Gasteiger partial charge in [-0.3, -0.25) is 0 Å². The molecular formula is C12H13F2NO3S. The van der Waals surface area contributed by atoms with Gasteiger partial charge in [-0.15, -0.1) is 0 Å². The molecule has 104 valence electrons. The van der Waals surface area contributed by atoms with Gasteiger partial charge in [-0.25, -0.2) is 17.2 Å². The van der Waals surface area contributed by atoms with Gasteiger partial charge in [0.1, 0.15) is 12.4 Å². The highest BCUT2D eigenvalue weighted by molar-refractivity contribution is 7.93. The number of para-hydroxylation sites is 1. The number of hydrogen-bond donors (Lipinski definition) is 0. The molecule has 0 N–H and O–H groups in total. The lowest BCUT2D eigenvalue weighted by Crippen LogP contribution is -2.34. The van der Waals surface area contributed by atoms with E-state index in [0.29, 0.717) is 15.6 Å². The topological polar surface area (TPSA) is 46.6 Å². The smallest absolute Gasteiger partial charge is 0.252 e. The predicted molar refractivity (Wildman–Crippen MR) is 67.5 cm³/mol. The zero-order chi connectivity index (χ0) is 14.0. The highest BCUT2D eigenvalue weighted by atomic mass is 32.2. The van der Waals surface area contributed by atoms with Crippen molar-refractivity contribution in [3.63, 3.8) is 0 Å². The first-order valence-corrected chi connectivity index (χ1v) is 7.02. The molecule has 2 rings (SSSR count). The minimum Gasteiger partial charge on any atom is -0.487 e. The van der Waals surface area contributed by atoms with Gasteiger partial charge in [-0.05, 0) is 12.1 Å². The van der Waals surface area contributed by atoms with Gasteiger partial charge >= 0.3 is 0 Å². The zero-order valence-electron chi connectivity index (χ0n) is 10.2. The van der Waals surface area contributed by atoms with E-state index in [2.05, 4.69) is 0 Å². The van der Waals surface area contributed by atoms with Crippen LogP contribution in [0.4, 0.5) is 8.78 Å². The molecule has 0 unspecified atom stereocenters. The summed E-state index contributed by atoms with van der Waals surface area (Å²) in [6.07, 6.45) is -1.26. The maximum absolute atomic E-state index is 12.3. The highest BCUT2D eigenvalue weighted by Gasteiger charge is 2.28. The van der Waals surface area contributed by atoms with E-state index in [-0.39, 0.29) is 11.5 Å². The normalized spacial score (nSPS) is 15.1. The summed E-state index contributed by atoms with van der Waals surface area (Å²) >= 11 is 0. The van der Waals surface area contributed by atoms with Crippen molar-refractivity contribution in [3.05, 3.63) is 34.7 Å². The average molecular weight is 289 g/mol. The molecule has 0 aliphatic carbocycles. The standard InChI is InChI=1S/C12H13F2NO3S/c1-15(7-12(13)14)19(16,17)10-6-9-4-2-3-5-11(9)18-8-10/h2-6,12H,7-8H2,1H3. The van der Waals surface area contributed by atoms with Gasteiger partial charge in [-0.2, -0.15) is 4.31 Å². The fourth-order valence-electron chi connectivity index (χ4n) is 1.74. The van der Waals surface area contributed by atoms with Gasteiger partial charge in [0.05, 0.1) is 11.4 Å². The summed E-state index contributed by atoms with van der Waals surface area (Å²) in [6, 6.07) is 6.95. The van der Waals surface area contributed by atoms with Crippen molar-refractivity contribution in [1.29, 1.82) is 0 Å². The van der Waals surface area contributed by atoms with E-state index in [1.807, 2.05) is 0 Å². The Morgan fingerprint density at radius 3 is 2.74 bits per heavy atom. The van der Waals surface area contributed by atoms with Gasteiger partial charge in [-0.1, -0.05) is 18.2 Å². The van der Waals surface area contributed by atoms with Crippen LogP contribution in [0.1, 0.15) is 5.56 Å². The van der Waals surface area contributed by atoms with Crippen LogP contribution in [0.25, 0.3) is 6.08 Å². The number of alkyl halides is 2. The second-order valence-corrected chi connectivity index (χ2v) is 6.21. The molecule has 7 heteroatoms. The molecule has 1 aliphatic heterocycles. The third kappa shape index (κ3) is 2.93. The molecule has 19 heavy (non-hydrogen) atoms. The van der Waals surface area contributed by atoms with Crippen molar-refractivity contribution in [3.8, 4) is 5.75 Å².